The number of rotatable bonds is 3. The van der Waals surface area contributed by atoms with E-state index in [9.17, 15) is 4.39 Å². The summed E-state index contributed by atoms with van der Waals surface area (Å²) in [6, 6.07) is 8.16. The van der Waals surface area contributed by atoms with Crippen molar-refractivity contribution < 1.29 is 4.39 Å². The van der Waals surface area contributed by atoms with Crippen molar-refractivity contribution in [1.29, 1.82) is 0 Å². The zero-order valence-corrected chi connectivity index (χ0v) is 15.0. The standard InChI is InChI=1S/C14H10Br2Cl2FN/c1-7(9-6-8(15)2-4-11(9)19)20-12-5-3-10(16)13(17)14(12)18/h2-7,20H,1H3. The molecule has 0 saturated heterocycles. The van der Waals surface area contributed by atoms with Crippen LogP contribution in [0.15, 0.2) is 39.3 Å². The molecule has 0 aliphatic carbocycles. The van der Waals surface area contributed by atoms with E-state index in [1.54, 1.807) is 24.3 Å². The Kier molecular flexibility index (Phi) is 5.35. The van der Waals surface area contributed by atoms with Crippen LogP contribution in [-0.4, -0.2) is 0 Å². The summed E-state index contributed by atoms with van der Waals surface area (Å²) in [7, 11) is 0. The topological polar surface area (TPSA) is 12.0 Å². The fourth-order valence-corrected chi connectivity index (χ4v) is 3.00. The quantitative estimate of drug-likeness (QED) is 0.514. The van der Waals surface area contributed by atoms with Crippen LogP contribution in [0.4, 0.5) is 10.1 Å². The number of hydrogen-bond donors (Lipinski definition) is 1. The molecule has 106 valence electrons. The van der Waals surface area contributed by atoms with E-state index in [4.69, 9.17) is 23.2 Å². The molecule has 0 amide bonds. The van der Waals surface area contributed by atoms with E-state index in [-0.39, 0.29) is 11.9 Å². The minimum absolute atomic E-state index is 0.248. The molecule has 0 aliphatic rings. The molecule has 0 spiro atoms. The van der Waals surface area contributed by atoms with Crippen molar-refractivity contribution in [3.63, 3.8) is 0 Å². The van der Waals surface area contributed by atoms with Gasteiger partial charge in [-0.1, -0.05) is 39.1 Å². The number of hydrogen-bond acceptors (Lipinski definition) is 1. The molecule has 2 aromatic rings. The van der Waals surface area contributed by atoms with Crippen LogP contribution < -0.4 is 5.32 Å². The maximum Gasteiger partial charge on any atom is 0.128 e. The summed E-state index contributed by atoms with van der Waals surface area (Å²) >= 11 is 18.9. The molecule has 1 N–H and O–H groups in total. The molecule has 0 aromatic heterocycles. The maximum atomic E-state index is 13.8. The van der Waals surface area contributed by atoms with Gasteiger partial charge in [0.2, 0.25) is 0 Å². The second-order valence-corrected chi connectivity index (χ2v) is 6.78. The Morgan fingerprint density at radius 2 is 1.80 bits per heavy atom. The smallest absolute Gasteiger partial charge is 0.128 e. The molecule has 0 aliphatic heterocycles. The van der Waals surface area contributed by atoms with Gasteiger partial charge in [-0.2, -0.15) is 0 Å². The van der Waals surface area contributed by atoms with Gasteiger partial charge in [0.05, 0.1) is 21.8 Å². The van der Waals surface area contributed by atoms with Gasteiger partial charge in [-0.25, -0.2) is 4.39 Å². The van der Waals surface area contributed by atoms with Gasteiger partial charge in [0, 0.05) is 14.5 Å². The monoisotopic (exact) mass is 439 g/mol. The van der Waals surface area contributed by atoms with Crippen LogP contribution in [0, 0.1) is 5.82 Å². The lowest BCUT2D eigenvalue weighted by molar-refractivity contribution is 0.600. The second-order valence-electron chi connectivity index (χ2n) is 4.25. The Hall–Kier alpha value is -0.290. The Morgan fingerprint density at radius 1 is 1.10 bits per heavy atom. The maximum absolute atomic E-state index is 13.8. The van der Waals surface area contributed by atoms with E-state index in [1.165, 1.54) is 6.07 Å². The first kappa shape index (κ1) is 16.1. The van der Waals surface area contributed by atoms with Crippen molar-refractivity contribution in [3.05, 3.63) is 60.7 Å². The van der Waals surface area contributed by atoms with Gasteiger partial charge in [0.1, 0.15) is 5.82 Å². The Balaban J connectivity index is 2.30. The molecule has 1 nitrogen and oxygen atoms in total. The minimum atomic E-state index is -0.271. The van der Waals surface area contributed by atoms with Crippen LogP contribution in [0.1, 0.15) is 18.5 Å². The van der Waals surface area contributed by atoms with Crippen molar-refractivity contribution in [2.45, 2.75) is 13.0 Å². The molecule has 20 heavy (non-hydrogen) atoms. The number of benzene rings is 2. The number of nitrogens with one attached hydrogen (secondary N) is 1. The van der Waals surface area contributed by atoms with Crippen LogP contribution in [0.5, 0.6) is 0 Å². The molecule has 0 fully saturated rings. The Morgan fingerprint density at radius 3 is 2.50 bits per heavy atom. The first-order valence-corrected chi connectivity index (χ1v) is 8.09. The molecule has 0 heterocycles. The summed E-state index contributed by atoms with van der Waals surface area (Å²) in [4.78, 5) is 0. The molecule has 0 radical (unpaired) electrons. The summed E-state index contributed by atoms with van der Waals surface area (Å²) in [6.45, 7) is 1.86. The summed E-state index contributed by atoms with van der Waals surface area (Å²) in [5, 5.41) is 4.00. The third kappa shape index (κ3) is 3.48. The van der Waals surface area contributed by atoms with Gasteiger partial charge in [-0.3, -0.25) is 0 Å². The molecule has 0 bridgehead atoms. The molecule has 1 unspecified atom stereocenters. The Bertz CT molecular complexity index is 649. The SMILES string of the molecule is CC(Nc1ccc(Br)c(Cl)c1Cl)c1cc(Br)ccc1F. The van der Waals surface area contributed by atoms with Crippen molar-refractivity contribution in [2.24, 2.45) is 0 Å². The van der Waals surface area contributed by atoms with E-state index >= 15 is 0 Å². The molecule has 2 aromatic carbocycles. The fraction of sp³-hybridized carbons (Fsp3) is 0.143. The molecular formula is C14H10Br2Cl2FN. The van der Waals surface area contributed by atoms with Gasteiger partial charge in [0.25, 0.3) is 0 Å². The average molecular weight is 442 g/mol. The molecule has 1 atom stereocenters. The number of halogens is 5. The van der Waals surface area contributed by atoms with Crippen molar-refractivity contribution in [3.8, 4) is 0 Å². The van der Waals surface area contributed by atoms with Gasteiger partial charge >= 0.3 is 0 Å². The highest BCUT2D eigenvalue weighted by atomic mass is 79.9. The largest absolute Gasteiger partial charge is 0.377 e. The lowest BCUT2D eigenvalue weighted by Crippen LogP contribution is -2.09. The van der Waals surface area contributed by atoms with Crippen LogP contribution in [0.3, 0.4) is 0 Å². The van der Waals surface area contributed by atoms with Crippen molar-refractivity contribution in [1.82, 2.24) is 0 Å². The normalized spacial score (nSPS) is 12.3. The van der Waals surface area contributed by atoms with Crippen molar-refractivity contribution >= 4 is 60.7 Å². The summed E-state index contributed by atoms with van der Waals surface area (Å²) in [6.07, 6.45) is 0. The van der Waals surface area contributed by atoms with Crippen molar-refractivity contribution in [2.75, 3.05) is 5.32 Å². The van der Waals surface area contributed by atoms with Crippen LogP contribution in [0.2, 0.25) is 10.0 Å². The third-order valence-corrected chi connectivity index (χ3v) is 5.10. The lowest BCUT2D eigenvalue weighted by Gasteiger charge is -2.18. The van der Waals surface area contributed by atoms with E-state index in [2.05, 4.69) is 37.2 Å². The highest BCUT2D eigenvalue weighted by Gasteiger charge is 2.14. The zero-order valence-electron chi connectivity index (χ0n) is 10.4. The highest BCUT2D eigenvalue weighted by molar-refractivity contribution is 9.10. The van der Waals surface area contributed by atoms with E-state index < -0.39 is 0 Å². The summed E-state index contributed by atoms with van der Waals surface area (Å²) in [5.74, 6) is -0.271. The van der Waals surface area contributed by atoms with E-state index in [1.807, 2.05) is 6.92 Å². The predicted octanol–water partition coefficient (Wildman–Crippen LogP) is 6.83. The zero-order chi connectivity index (χ0) is 14.9. The number of anilines is 1. The van der Waals surface area contributed by atoms with Gasteiger partial charge < -0.3 is 5.32 Å². The average Bonchev–Trinajstić information content (AvgIpc) is 2.42. The lowest BCUT2D eigenvalue weighted by atomic mass is 10.1. The molecular weight excluding hydrogens is 432 g/mol. The van der Waals surface area contributed by atoms with Crippen LogP contribution in [0.25, 0.3) is 0 Å². The first-order valence-electron chi connectivity index (χ1n) is 5.75. The first-order chi connectivity index (χ1) is 9.40. The predicted molar refractivity (Wildman–Crippen MR) is 90.3 cm³/mol. The molecule has 0 saturated carbocycles. The van der Waals surface area contributed by atoms with E-state index in [0.29, 0.717) is 21.3 Å². The van der Waals surface area contributed by atoms with Gasteiger partial charge in [-0.15, -0.1) is 0 Å². The second kappa shape index (κ2) is 6.65. The fourth-order valence-electron chi connectivity index (χ4n) is 1.79. The minimum Gasteiger partial charge on any atom is -0.377 e. The van der Waals surface area contributed by atoms with Gasteiger partial charge in [-0.05, 0) is 53.2 Å². The Labute approximate surface area is 143 Å². The van der Waals surface area contributed by atoms with Crippen LogP contribution >= 0.6 is 55.1 Å². The highest BCUT2D eigenvalue weighted by Crippen LogP contribution is 2.37. The molecule has 2 rings (SSSR count). The van der Waals surface area contributed by atoms with E-state index in [0.717, 1.165) is 8.95 Å². The summed E-state index contributed by atoms with van der Waals surface area (Å²) < 4.78 is 15.4. The van der Waals surface area contributed by atoms with Crippen LogP contribution in [-0.2, 0) is 0 Å². The summed E-state index contributed by atoms with van der Waals surface area (Å²) in [5.41, 5.74) is 1.21. The van der Waals surface area contributed by atoms with Gasteiger partial charge in [0.15, 0.2) is 0 Å². The molecule has 6 heteroatoms. The third-order valence-electron chi connectivity index (χ3n) is 2.83.